The van der Waals surface area contributed by atoms with Gasteiger partial charge in [0.1, 0.15) is 0 Å². The summed E-state index contributed by atoms with van der Waals surface area (Å²) in [4.78, 5) is 2.50. The maximum Gasteiger partial charge on any atom is 0.00584 e. The van der Waals surface area contributed by atoms with Crippen molar-refractivity contribution in [1.82, 2.24) is 4.90 Å². The van der Waals surface area contributed by atoms with Gasteiger partial charge in [-0.15, -0.1) is 0 Å². The molecular formula is C11H22N2. The third-order valence-electron chi connectivity index (χ3n) is 3.00. The Bertz CT molecular complexity index is 190. The molecule has 0 aromatic rings. The molecule has 1 aliphatic heterocycles. The summed E-state index contributed by atoms with van der Waals surface area (Å²) in [7, 11) is 0. The van der Waals surface area contributed by atoms with Crippen LogP contribution in [0.2, 0.25) is 0 Å². The molecule has 0 aliphatic carbocycles. The van der Waals surface area contributed by atoms with Gasteiger partial charge in [-0.3, -0.25) is 4.90 Å². The molecule has 0 radical (unpaired) electrons. The van der Waals surface area contributed by atoms with E-state index in [9.17, 15) is 0 Å². The number of hydrogen-bond acceptors (Lipinski definition) is 2. The molecule has 1 fully saturated rings. The Balaban J connectivity index is 2.25. The van der Waals surface area contributed by atoms with Crippen LogP contribution in [0.5, 0.6) is 0 Å². The normalized spacial score (nSPS) is 21.6. The minimum absolute atomic E-state index is 0.493. The minimum atomic E-state index is 0.493. The predicted octanol–water partition coefficient (Wildman–Crippen LogP) is 2.54. The smallest absolute Gasteiger partial charge is 0.00584 e. The summed E-state index contributed by atoms with van der Waals surface area (Å²) in [5.74, 6) is 0. The topological polar surface area (TPSA) is 27.1 Å². The highest BCUT2D eigenvalue weighted by molar-refractivity contribution is 5.78. The van der Waals surface area contributed by atoms with Crippen LogP contribution in [0.1, 0.15) is 40.5 Å². The van der Waals surface area contributed by atoms with Crippen molar-refractivity contribution in [1.29, 1.82) is 5.41 Å². The summed E-state index contributed by atoms with van der Waals surface area (Å²) in [5.41, 5.74) is 1.32. The first kappa shape index (κ1) is 10.7. The summed E-state index contributed by atoms with van der Waals surface area (Å²) in [6.45, 7) is 11.2. The molecular weight excluding hydrogens is 160 g/mol. The predicted molar refractivity (Wildman–Crippen MR) is 57.5 cm³/mol. The van der Waals surface area contributed by atoms with Gasteiger partial charge in [-0.2, -0.15) is 0 Å². The monoisotopic (exact) mass is 182 g/mol. The van der Waals surface area contributed by atoms with Crippen LogP contribution in [0.4, 0.5) is 0 Å². The summed E-state index contributed by atoms with van der Waals surface area (Å²) >= 11 is 0. The second-order valence-corrected chi connectivity index (χ2v) is 5.09. The molecule has 0 saturated carbocycles. The van der Waals surface area contributed by atoms with E-state index in [1.165, 1.54) is 19.5 Å². The van der Waals surface area contributed by atoms with Crippen molar-refractivity contribution < 1.29 is 0 Å². The largest absolute Gasteiger partial charge is 0.310 e. The van der Waals surface area contributed by atoms with Crippen molar-refractivity contribution in [3.63, 3.8) is 0 Å². The fourth-order valence-electron chi connectivity index (χ4n) is 1.95. The Morgan fingerprint density at radius 3 is 2.38 bits per heavy atom. The third kappa shape index (κ3) is 2.80. The van der Waals surface area contributed by atoms with Crippen LogP contribution in [-0.2, 0) is 0 Å². The van der Waals surface area contributed by atoms with Gasteiger partial charge in [0.15, 0.2) is 0 Å². The molecule has 0 atom stereocenters. The van der Waals surface area contributed by atoms with Crippen LogP contribution in [0.25, 0.3) is 0 Å². The second kappa shape index (κ2) is 3.79. The van der Waals surface area contributed by atoms with E-state index < -0.39 is 0 Å². The number of nitrogens with one attached hydrogen (secondary N) is 1. The van der Waals surface area contributed by atoms with Gasteiger partial charge in [0, 0.05) is 24.8 Å². The SMILES string of the molecule is CC(=N)CCC1(C)CN(C(C)C)C1. The molecule has 0 spiro atoms. The molecule has 1 heterocycles. The van der Waals surface area contributed by atoms with E-state index in [0.717, 1.165) is 12.1 Å². The van der Waals surface area contributed by atoms with Crippen LogP contribution >= 0.6 is 0 Å². The van der Waals surface area contributed by atoms with Crippen molar-refractivity contribution in [2.75, 3.05) is 13.1 Å². The van der Waals surface area contributed by atoms with Gasteiger partial charge in [-0.1, -0.05) is 6.92 Å². The van der Waals surface area contributed by atoms with Crippen LogP contribution in [-0.4, -0.2) is 29.7 Å². The summed E-state index contributed by atoms with van der Waals surface area (Å²) in [6.07, 6.45) is 2.16. The van der Waals surface area contributed by atoms with Gasteiger partial charge in [0.25, 0.3) is 0 Å². The third-order valence-corrected chi connectivity index (χ3v) is 3.00. The van der Waals surface area contributed by atoms with E-state index in [4.69, 9.17) is 5.41 Å². The zero-order valence-corrected chi connectivity index (χ0v) is 9.35. The van der Waals surface area contributed by atoms with E-state index in [-0.39, 0.29) is 0 Å². The summed E-state index contributed by atoms with van der Waals surface area (Å²) < 4.78 is 0. The highest BCUT2D eigenvalue weighted by atomic mass is 15.2. The van der Waals surface area contributed by atoms with Crippen LogP contribution in [0.3, 0.4) is 0 Å². The average Bonchev–Trinajstić information content (AvgIpc) is 1.95. The molecule has 2 nitrogen and oxygen atoms in total. The van der Waals surface area contributed by atoms with Gasteiger partial charge in [-0.05, 0) is 39.0 Å². The Morgan fingerprint density at radius 2 is 2.00 bits per heavy atom. The van der Waals surface area contributed by atoms with Gasteiger partial charge in [0.2, 0.25) is 0 Å². The first-order valence-corrected chi connectivity index (χ1v) is 5.21. The number of rotatable bonds is 4. The Morgan fingerprint density at radius 1 is 1.46 bits per heavy atom. The quantitative estimate of drug-likeness (QED) is 0.665. The molecule has 1 aliphatic rings. The van der Waals surface area contributed by atoms with Gasteiger partial charge < -0.3 is 5.41 Å². The van der Waals surface area contributed by atoms with Crippen molar-refractivity contribution >= 4 is 5.71 Å². The zero-order valence-electron chi connectivity index (χ0n) is 9.35. The molecule has 0 aromatic carbocycles. The second-order valence-electron chi connectivity index (χ2n) is 5.09. The van der Waals surface area contributed by atoms with E-state index in [1.807, 2.05) is 6.92 Å². The molecule has 2 heteroatoms. The average molecular weight is 182 g/mol. The molecule has 1 rings (SSSR count). The lowest BCUT2D eigenvalue weighted by atomic mass is 9.77. The highest BCUT2D eigenvalue weighted by Gasteiger charge is 2.38. The summed E-state index contributed by atoms with van der Waals surface area (Å²) in [5, 5.41) is 7.39. The number of nitrogens with zero attached hydrogens (tertiary/aromatic N) is 1. The number of hydrogen-bond donors (Lipinski definition) is 1. The van der Waals surface area contributed by atoms with Crippen LogP contribution in [0, 0.1) is 10.8 Å². The lowest BCUT2D eigenvalue weighted by Gasteiger charge is -2.50. The Kier molecular flexibility index (Phi) is 3.12. The highest BCUT2D eigenvalue weighted by Crippen LogP contribution is 2.35. The first-order valence-electron chi connectivity index (χ1n) is 5.21. The van der Waals surface area contributed by atoms with E-state index in [1.54, 1.807) is 0 Å². The molecule has 13 heavy (non-hydrogen) atoms. The first-order chi connectivity index (χ1) is 5.93. The molecule has 1 saturated heterocycles. The van der Waals surface area contributed by atoms with E-state index in [0.29, 0.717) is 11.5 Å². The molecule has 0 amide bonds. The number of likely N-dealkylation sites (tertiary alicyclic amines) is 1. The van der Waals surface area contributed by atoms with Crippen molar-refractivity contribution in [2.45, 2.75) is 46.6 Å². The van der Waals surface area contributed by atoms with Crippen molar-refractivity contribution in [2.24, 2.45) is 5.41 Å². The molecule has 0 aromatic heterocycles. The Labute approximate surface area is 81.8 Å². The van der Waals surface area contributed by atoms with Crippen LogP contribution < -0.4 is 0 Å². The molecule has 0 unspecified atom stereocenters. The lowest BCUT2D eigenvalue weighted by molar-refractivity contribution is -0.0126. The van der Waals surface area contributed by atoms with E-state index in [2.05, 4.69) is 25.7 Å². The fraction of sp³-hybridized carbons (Fsp3) is 0.909. The minimum Gasteiger partial charge on any atom is -0.310 e. The fourth-order valence-corrected chi connectivity index (χ4v) is 1.95. The van der Waals surface area contributed by atoms with Crippen molar-refractivity contribution in [3.8, 4) is 0 Å². The standard InChI is InChI=1S/C11H22N2/c1-9(2)13-7-11(4,8-13)6-5-10(3)12/h9,12H,5-8H2,1-4H3. The van der Waals surface area contributed by atoms with Gasteiger partial charge in [-0.25, -0.2) is 0 Å². The zero-order chi connectivity index (χ0) is 10.1. The molecule has 1 N–H and O–H groups in total. The molecule has 0 bridgehead atoms. The maximum atomic E-state index is 7.39. The summed E-state index contributed by atoms with van der Waals surface area (Å²) in [6, 6.07) is 0.689. The molecule has 76 valence electrons. The van der Waals surface area contributed by atoms with Crippen LogP contribution in [0.15, 0.2) is 0 Å². The lowest BCUT2D eigenvalue weighted by Crippen LogP contribution is -2.57. The van der Waals surface area contributed by atoms with Gasteiger partial charge in [0.05, 0.1) is 0 Å². The van der Waals surface area contributed by atoms with E-state index >= 15 is 0 Å². The Hall–Kier alpha value is -0.370. The maximum absolute atomic E-state index is 7.39. The van der Waals surface area contributed by atoms with Gasteiger partial charge >= 0.3 is 0 Å². The van der Waals surface area contributed by atoms with Crippen molar-refractivity contribution in [3.05, 3.63) is 0 Å².